The van der Waals surface area contributed by atoms with Crippen molar-refractivity contribution in [2.75, 3.05) is 13.1 Å². The molecule has 1 saturated heterocycles. The van der Waals surface area contributed by atoms with E-state index >= 15 is 0 Å². The van der Waals surface area contributed by atoms with Crippen LogP contribution in [0.2, 0.25) is 0 Å². The molecule has 2 rings (SSSR count). The predicted molar refractivity (Wildman–Crippen MR) is 69.1 cm³/mol. The number of benzene rings is 1. The van der Waals surface area contributed by atoms with Gasteiger partial charge in [0.25, 0.3) is 0 Å². The molecule has 1 aromatic rings. The molecule has 1 aromatic carbocycles. The van der Waals surface area contributed by atoms with E-state index in [1.54, 1.807) is 0 Å². The molecule has 0 amide bonds. The van der Waals surface area contributed by atoms with Crippen LogP contribution in [0.3, 0.4) is 0 Å². The van der Waals surface area contributed by atoms with Gasteiger partial charge in [0.1, 0.15) is 6.61 Å². The number of rotatable bonds is 4. The number of carbonyl (C=O) groups excluding carboxylic acids is 1. The summed E-state index contributed by atoms with van der Waals surface area (Å²) in [6, 6.07) is 9.78. The minimum atomic E-state index is -0.0856. The van der Waals surface area contributed by atoms with Crippen LogP contribution in [0.15, 0.2) is 30.3 Å². The quantitative estimate of drug-likeness (QED) is 0.838. The Balaban J connectivity index is 0.00000144. The lowest BCUT2D eigenvalue weighted by atomic mass is 10.1. The molecule has 1 atom stereocenters. The van der Waals surface area contributed by atoms with E-state index in [4.69, 9.17) is 4.74 Å². The van der Waals surface area contributed by atoms with E-state index in [-0.39, 0.29) is 18.4 Å². The van der Waals surface area contributed by atoms with Gasteiger partial charge in [-0.25, -0.2) is 0 Å². The zero-order valence-electron chi connectivity index (χ0n) is 9.72. The van der Waals surface area contributed by atoms with E-state index in [2.05, 4.69) is 5.32 Å². The molecule has 1 fully saturated rings. The van der Waals surface area contributed by atoms with Crippen LogP contribution in [0.1, 0.15) is 18.4 Å². The molecule has 0 aromatic heterocycles. The van der Waals surface area contributed by atoms with Gasteiger partial charge in [-0.2, -0.15) is 0 Å². The van der Waals surface area contributed by atoms with Gasteiger partial charge in [-0.3, -0.25) is 4.79 Å². The first-order valence-corrected chi connectivity index (χ1v) is 5.75. The van der Waals surface area contributed by atoms with Crippen molar-refractivity contribution in [1.82, 2.24) is 5.32 Å². The first-order valence-electron chi connectivity index (χ1n) is 5.75. The van der Waals surface area contributed by atoms with Crippen LogP contribution in [0.5, 0.6) is 0 Å². The zero-order valence-corrected chi connectivity index (χ0v) is 10.5. The number of esters is 1. The largest absolute Gasteiger partial charge is 0.461 e. The molecule has 1 heterocycles. The second-order valence-corrected chi connectivity index (χ2v) is 4.21. The fraction of sp³-hybridized carbons (Fsp3) is 0.462. The topological polar surface area (TPSA) is 38.3 Å². The highest BCUT2D eigenvalue weighted by Crippen LogP contribution is 2.13. The number of nitrogens with one attached hydrogen (secondary N) is 1. The van der Waals surface area contributed by atoms with Crippen molar-refractivity contribution in [3.63, 3.8) is 0 Å². The molecular formula is C13H18ClNO2. The Morgan fingerprint density at radius 1 is 1.35 bits per heavy atom. The number of hydrogen-bond donors (Lipinski definition) is 1. The number of carbonyl (C=O) groups is 1. The summed E-state index contributed by atoms with van der Waals surface area (Å²) >= 11 is 0. The van der Waals surface area contributed by atoms with E-state index in [1.807, 2.05) is 30.3 Å². The summed E-state index contributed by atoms with van der Waals surface area (Å²) in [6.07, 6.45) is 1.63. The van der Waals surface area contributed by atoms with Gasteiger partial charge in [0.15, 0.2) is 0 Å². The standard InChI is InChI=1S/C13H17NO2.ClH/c15-13(8-12-6-7-14-9-12)16-10-11-4-2-1-3-5-11;/h1-5,12,14H,6-10H2;1H/t12-;/m0./s1. The van der Waals surface area contributed by atoms with Gasteiger partial charge in [-0.15, -0.1) is 12.4 Å². The SMILES string of the molecule is Cl.O=C(C[C@@H]1CCNC1)OCc1ccccc1. The summed E-state index contributed by atoms with van der Waals surface area (Å²) in [5.74, 6) is 0.376. The first-order chi connectivity index (χ1) is 7.84. The van der Waals surface area contributed by atoms with Crippen molar-refractivity contribution in [1.29, 1.82) is 0 Å². The van der Waals surface area contributed by atoms with Crippen LogP contribution in [0, 0.1) is 5.92 Å². The molecular weight excluding hydrogens is 238 g/mol. The molecule has 3 nitrogen and oxygen atoms in total. The molecule has 0 saturated carbocycles. The molecule has 0 spiro atoms. The lowest BCUT2D eigenvalue weighted by Crippen LogP contribution is -2.14. The summed E-state index contributed by atoms with van der Waals surface area (Å²) in [7, 11) is 0. The van der Waals surface area contributed by atoms with Crippen molar-refractivity contribution in [2.24, 2.45) is 5.92 Å². The van der Waals surface area contributed by atoms with E-state index in [9.17, 15) is 4.79 Å². The van der Waals surface area contributed by atoms with Gasteiger partial charge >= 0.3 is 5.97 Å². The zero-order chi connectivity index (χ0) is 11.2. The van der Waals surface area contributed by atoms with Crippen LogP contribution in [0.4, 0.5) is 0 Å². The van der Waals surface area contributed by atoms with Gasteiger partial charge < -0.3 is 10.1 Å². The molecule has 1 aliphatic heterocycles. The van der Waals surface area contributed by atoms with Crippen molar-refractivity contribution in [2.45, 2.75) is 19.4 Å². The molecule has 0 aliphatic carbocycles. The third kappa shape index (κ3) is 4.75. The number of ether oxygens (including phenoxy) is 1. The van der Waals surface area contributed by atoms with Crippen LogP contribution in [-0.4, -0.2) is 19.1 Å². The average Bonchev–Trinajstić information content (AvgIpc) is 2.81. The number of hydrogen-bond acceptors (Lipinski definition) is 3. The molecule has 0 bridgehead atoms. The molecule has 0 unspecified atom stereocenters. The molecule has 94 valence electrons. The minimum absolute atomic E-state index is 0. The summed E-state index contributed by atoms with van der Waals surface area (Å²) in [4.78, 5) is 11.5. The monoisotopic (exact) mass is 255 g/mol. The fourth-order valence-electron chi connectivity index (χ4n) is 1.92. The lowest BCUT2D eigenvalue weighted by molar-refractivity contribution is -0.145. The Kier molecular flexibility index (Phi) is 6.01. The predicted octanol–water partition coefficient (Wildman–Crippen LogP) is 2.15. The first kappa shape index (κ1) is 14.0. The second-order valence-electron chi connectivity index (χ2n) is 4.21. The van der Waals surface area contributed by atoms with Gasteiger partial charge in [-0.1, -0.05) is 30.3 Å². The Bertz CT molecular complexity index is 337. The fourth-order valence-corrected chi connectivity index (χ4v) is 1.92. The third-order valence-corrected chi connectivity index (χ3v) is 2.86. The summed E-state index contributed by atoms with van der Waals surface area (Å²) < 4.78 is 5.22. The summed E-state index contributed by atoms with van der Waals surface area (Å²) in [5, 5.41) is 3.24. The molecule has 1 aliphatic rings. The highest BCUT2D eigenvalue weighted by Gasteiger charge is 2.18. The second kappa shape index (κ2) is 7.30. The van der Waals surface area contributed by atoms with Crippen LogP contribution in [-0.2, 0) is 16.1 Å². The summed E-state index contributed by atoms with van der Waals surface area (Å²) in [6.45, 7) is 2.36. The van der Waals surface area contributed by atoms with Gasteiger partial charge in [0, 0.05) is 6.42 Å². The molecule has 1 N–H and O–H groups in total. The maximum atomic E-state index is 11.5. The highest BCUT2D eigenvalue weighted by atomic mass is 35.5. The average molecular weight is 256 g/mol. The summed E-state index contributed by atoms with van der Waals surface area (Å²) in [5.41, 5.74) is 1.04. The maximum Gasteiger partial charge on any atom is 0.306 e. The maximum absolute atomic E-state index is 11.5. The lowest BCUT2D eigenvalue weighted by Gasteiger charge is -2.08. The van der Waals surface area contributed by atoms with E-state index in [0.29, 0.717) is 18.9 Å². The van der Waals surface area contributed by atoms with E-state index in [1.165, 1.54) is 0 Å². The van der Waals surface area contributed by atoms with Gasteiger partial charge in [0.05, 0.1) is 0 Å². The minimum Gasteiger partial charge on any atom is -0.461 e. The van der Waals surface area contributed by atoms with E-state index in [0.717, 1.165) is 25.1 Å². The van der Waals surface area contributed by atoms with Crippen molar-refractivity contribution in [3.05, 3.63) is 35.9 Å². The van der Waals surface area contributed by atoms with E-state index < -0.39 is 0 Å². The van der Waals surface area contributed by atoms with Gasteiger partial charge in [-0.05, 0) is 31.0 Å². The Morgan fingerprint density at radius 3 is 2.76 bits per heavy atom. The highest BCUT2D eigenvalue weighted by molar-refractivity contribution is 5.85. The van der Waals surface area contributed by atoms with Gasteiger partial charge in [0.2, 0.25) is 0 Å². The smallest absolute Gasteiger partial charge is 0.306 e. The van der Waals surface area contributed by atoms with Crippen molar-refractivity contribution < 1.29 is 9.53 Å². The normalized spacial score (nSPS) is 18.5. The molecule has 0 radical (unpaired) electrons. The van der Waals surface area contributed by atoms with Crippen molar-refractivity contribution in [3.8, 4) is 0 Å². The third-order valence-electron chi connectivity index (χ3n) is 2.86. The number of halogens is 1. The Hall–Kier alpha value is -1.06. The van der Waals surface area contributed by atoms with Crippen molar-refractivity contribution >= 4 is 18.4 Å². The molecule has 17 heavy (non-hydrogen) atoms. The van der Waals surface area contributed by atoms with Crippen LogP contribution in [0.25, 0.3) is 0 Å². The molecule has 4 heteroatoms. The Morgan fingerprint density at radius 2 is 2.12 bits per heavy atom. The van der Waals surface area contributed by atoms with Crippen LogP contribution >= 0.6 is 12.4 Å². The Labute approximate surface area is 108 Å². The van der Waals surface area contributed by atoms with Crippen LogP contribution < -0.4 is 5.32 Å².